The molecule has 3 aromatic carbocycles. The van der Waals surface area contributed by atoms with Crippen LogP contribution in [0.3, 0.4) is 0 Å². The number of hydrogen-bond acceptors (Lipinski definition) is 0. The van der Waals surface area contributed by atoms with Crippen molar-refractivity contribution in [3.8, 4) is 11.1 Å². The van der Waals surface area contributed by atoms with Gasteiger partial charge in [-0.1, -0.05) is 91.7 Å². The van der Waals surface area contributed by atoms with Crippen LogP contribution in [0.15, 0.2) is 72.8 Å². The Morgan fingerprint density at radius 2 is 1.43 bits per heavy atom. The van der Waals surface area contributed by atoms with E-state index in [9.17, 15) is 0 Å². The van der Waals surface area contributed by atoms with Crippen LogP contribution >= 0.6 is 0 Å². The lowest BCUT2D eigenvalue weighted by atomic mass is 10.0. The molecule has 0 amide bonds. The summed E-state index contributed by atoms with van der Waals surface area (Å²) in [6.07, 6.45) is 1.23. The largest absolute Gasteiger partial charge is 0.149 e. The minimum Gasteiger partial charge on any atom is -0.0656 e. The van der Waals surface area contributed by atoms with Crippen molar-refractivity contribution in [2.24, 2.45) is 0 Å². The van der Waals surface area contributed by atoms with E-state index in [0.717, 1.165) is 0 Å². The fraction of sp³-hybridized carbons (Fsp3) is 0.182. The predicted octanol–water partition coefficient (Wildman–Crippen LogP) is 3.86. The van der Waals surface area contributed by atoms with Gasteiger partial charge >= 0.3 is 0 Å². The van der Waals surface area contributed by atoms with Gasteiger partial charge < -0.3 is 0 Å². The molecule has 0 saturated heterocycles. The maximum Gasteiger partial charge on any atom is 0.149 e. The summed E-state index contributed by atoms with van der Waals surface area (Å²) in [5, 5.41) is 4.78. The Labute approximate surface area is 139 Å². The van der Waals surface area contributed by atoms with Gasteiger partial charge in [0.1, 0.15) is 8.07 Å². The van der Waals surface area contributed by atoms with Crippen LogP contribution in [0.25, 0.3) is 11.1 Å². The van der Waals surface area contributed by atoms with Crippen molar-refractivity contribution in [1.82, 2.24) is 0 Å². The van der Waals surface area contributed by atoms with E-state index in [2.05, 4.69) is 86.6 Å². The molecule has 0 radical (unpaired) electrons. The summed E-state index contributed by atoms with van der Waals surface area (Å²) in [7, 11) is -1.88. The van der Waals surface area contributed by atoms with E-state index < -0.39 is 8.07 Å². The molecule has 114 valence electrons. The quantitative estimate of drug-likeness (QED) is 0.644. The first kappa shape index (κ1) is 14.5. The highest BCUT2D eigenvalue weighted by atomic mass is 28.3. The van der Waals surface area contributed by atoms with Gasteiger partial charge in [-0.25, -0.2) is 0 Å². The molecule has 1 aliphatic heterocycles. The summed E-state index contributed by atoms with van der Waals surface area (Å²) in [6, 6.07) is 28.7. The van der Waals surface area contributed by atoms with Crippen LogP contribution in [0.4, 0.5) is 0 Å². The molecule has 0 aliphatic carbocycles. The predicted molar refractivity (Wildman–Crippen MR) is 103 cm³/mol. The molecule has 1 heterocycles. The van der Waals surface area contributed by atoms with Crippen LogP contribution in [-0.4, -0.2) is 8.07 Å². The molecular formula is C22H22Si. The molecule has 0 nitrogen and oxygen atoms in total. The summed E-state index contributed by atoms with van der Waals surface area (Å²) in [4.78, 5) is 0. The van der Waals surface area contributed by atoms with E-state index in [1.165, 1.54) is 29.2 Å². The normalized spacial score (nSPS) is 18.5. The van der Waals surface area contributed by atoms with Crippen molar-refractivity contribution in [1.29, 1.82) is 0 Å². The van der Waals surface area contributed by atoms with Crippen molar-refractivity contribution >= 4 is 23.6 Å². The molecule has 1 aliphatic rings. The van der Waals surface area contributed by atoms with Gasteiger partial charge in [-0.2, -0.15) is 0 Å². The number of aryl methyl sites for hydroxylation is 1. The van der Waals surface area contributed by atoms with Gasteiger partial charge in [0, 0.05) is 0 Å². The Kier molecular flexibility index (Phi) is 3.46. The van der Waals surface area contributed by atoms with Crippen LogP contribution < -0.4 is 15.6 Å². The third kappa shape index (κ3) is 2.03. The standard InChI is InChI=1S/C22H22Si/c1-3-15-23(18-9-5-4-6-10-18)21-12-8-7-11-19(21)20-14-13-17(2)16-22(20)23/h4-14,16H,3,15H2,1-2H3/t23-/m0/s1. The zero-order valence-corrected chi connectivity index (χ0v) is 14.8. The van der Waals surface area contributed by atoms with E-state index in [4.69, 9.17) is 0 Å². The van der Waals surface area contributed by atoms with Gasteiger partial charge in [0.15, 0.2) is 0 Å². The second kappa shape index (κ2) is 5.50. The van der Waals surface area contributed by atoms with E-state index in [-0.39, 0.29) is 0 Å². The number of benzene rings is 3. The summed E-state index contributed by atoms with van der Waals surface area (Å²) >= 11 is 0. The van der Waals surface area contributed by atoms with Crippen molar-refractivity contribution in [2.45, 2.75) is 26.3 Å². The van der Waals surface area contributed by atoms with Crippen molar-refractivity contribution in [2.75, 3.05) is 0 Å². The second-order valence-electron chi connectivity index (χ2n) is 6.62. The fourth-order valence-corrected chi connectivity index (χ4v) is 9.77. The van der Waals surface area contributed by atoms with Gasteiger partial charge in [-0.3, -0.25) is 0 Å². The van der Waals surface area contributed by atoms with Crippen LogP contribution in [0.2, 0.25) is 6.04 Å². The maximum absolute atomic E-state index is 2.46. The summed E-state index contributed by atoms with van der Waals surface area (Å²) in [5.74, 6) is 0. The minimum absolute atomic E-state index is 1.23. The molecule has 0 spiro atoms. The highest BCUT2D eigenvalue weighted by Gasteiger charge is 2.45. The van der Waals surface area contributed by atoms with E-state index >= 15 is 0 Å². The van der Waals surface area contributed by atoms with Gasteiger partial charge in [-0.05, 0) is 39.7 Å². The molecule has 1 heteroatoms. The average Bonchev–Trinajstić information content (AvgIpc) is 2.87. The molecule has 0 aromatic heterocycles. The first-order valence-electron chi connectivity index (χ1n) is 8.54. The Morgan fingerprint density at radius 3 is 2.22 bits per heavy atom. The first-order valence-corrected chi connectivity index (χ1v) is 10.7. The number of fused-ring (bicyclic) bond motifs is 3. The van der Waals surface area contributed by atoms with Crippen LogP contribution in [0, 0.1) is 6.92 Å². The van der Waals surface area contributed by atoms with Crippen LogP contribution in [0.5, 0.6) is 0 Å². The highest BCUT2D eigenvalue weighted by molar-refractivity contribution is 7.14. The SMILES string of the molecule is CCC[Si@]1(c2ccccc2)c2ccccc2-c2ccc(C)cc21. The third-order valence-electron chi connectivity index (χ3n) is 5.20. The zero-order valence-electron chi connectivity index (χ0n) is 13.8. The van der Waals surface area contributed by atoms with Crippen molar-refractivity contribution in [3.05, 3.63) is 78.4 Å². The van der Waals surface area contributed by atoms with E-state index in [0.29, 0.717) is 0 Å². The molecule has 0 fully saturated rings. The molecule has 3 aromatic rings. The smallest absolute Gasteiger partial charge is 0.0656 e. The first-order chi connectivity index (χ1) is 11.3. The van der Waals surface area contributed by atoms with Gasteiger partial charge in [0.25, 0.3) is 0 Å². The average molecular weight is 315 g/mol. The Morgan fingerprint density at radius 1 is 0.739 bits per heavy atom. The second-order valence-corrected chi connectivity index (χ2v) is 10.6. The molecule has 1 atom stereocenters. The van der Waals surface area contributed by atoms with Gasteiger partial charge in [-0.15, -0.1) is 0 Å². The number of rotatable bonds is 3. The molecule has 0 saturated carbocycles. The molecule has 0 N–H and O–H groups in total. The zero-order chi connectivity index (χ0) is 15.9. The molecular weight excluding hydrogens is 292 g/mol. The van der Waals surface area contributed by atoms with Crippen molar-refractivity contribution in [3.63, 3.8) is 0 Å². The van der Waals surface area contributed by atoms with Crippen molar-refractivity contribution < 1.29 is 0 Å². The topological polar surface area (TPSA) is 0 Å². The lowest BCUT2D eigenvalue weighted by molar-refractivity contribution is 1.06. The minimum atomic E-state index is -1.88. The molecule has 0 unspecified atom stereocenters. The van der Waals surface area contributed by atoms with Gasteiger partial charge in [0.05, 0.1) is 0 Å². The molecule has 23 heavy (non-hydrogen) atoms. The molecule has 0 bridgehead atoms. The summed E-state index contributed by atoms with van der Waals surface area (Å²) in [6.45, 7) is 4.55. The maximum atomic E-state index is 2.46. The van der Waals surface area contributed by atoms with Gasteiger partial charge in [0.2, 0.25) is 0 Å². The lowest BCUT2D eigenvalue weighted by Gasteiger charge is -2.30. The Hall–Kier alpha value is -2.12. The molecule has 4 rings (SSSR count). The third-order valence-corrected chi connectivity index (χ3v) is 10.5. The summed E-state index contributed by atoms with van der Waals surface area (Å²) in [5.41, 5.74) is 4.31. The lowest BCUT2D eigenvalue weighted by Crippen LogP contribution is -2.64. The highest BCUT2D eigenvalue weighted by Crippen LogP contribution is 2.31. The van der Waals surface area contributed by atoms with Crippen LogP contribution in [-0.2, 0) is 0 Å². The fourth-order valence-electron chi connectivity index (χ4n) is 4.30. The Bertz CT molecular complexity index is 851. The van der Waals surface area contributed by atoms with E-state index in [1.54, 1.807) is 15.6 Å². The van der Waals surface area contributed by atoms with E-state index in [1.807, 2.05) is 0 Å². The monoisotopic (exact) mass is 314 g/mol. The number of hydrogen-bond donors (Lipinski definition) is 0. The summed E-state index contributed by atoms with van der Waals surface area (Å²) < 4.78 is 0. The Balaban J connectivity index is 2.11. The van der Waals surface area contributed by atoms with Crippen LogP contribution in [0.1, 0.15) is 18.9 Å².